The van der Waals surface area contributed by atoms with Gasteiger partial charge in [-0.05, 0) is 31.1 Å². The molecule has 0 aromatic rings. The maximum absolute atomic E-state index is 12.8. The maximum atomic E-state index is 12.8. The van der Waals surface area contributed by atoms with E-state index in [0.29, 0.717) is 19.3 Å². The van der Waals surface area contributed by atoms with Crippen LogP contribution in [0.2, 0.25) is 0 Å². The van der Waals surface area contributed by atoms with Crippen LogP contribution in [0.3, 0.4) is 0 Å². The van der Waals surface area contributed by atoms with Crippen molar-refractivity contribution < 1.29 is 28.6 Å². The third kappa shape index (κ3) is 47.7. The van der Waals surface area contributed by atoms with Crippen molar-refractivity contribution in [3.8, 4) is 0 Å². The highest BCUT2D eigenvalue weighted by atomic mass is 16.6. The van der Waals surface area contributed by atoms with Gasteiger partial charge in [0.05, 0.1) is 0 Å². The summed E-state index contributed by atoms with van der Waals surface area (Å²) >= 11 is 0. The number of hydrogen-bond acceptors (Lipinski definition) is 6. The molecule has 362 valence electrons. The van der Waals surface area contributed by atoms with Gasteiger partial charge in [0.25, 0.3) is 0 Å². The lowest BCUT2D eigenvalue weighted by molar-refractivity contribution is -0.167. The van der Waals surface area contributed by atoms with Crippen molar-refractivity contribution >= 4 is 17.9 Å². The largest absolute Gasteiger partial charge is 0.462 e. The molecule has 0 saturated heterocycles. The molecule has 6 nitrogen and oxygen atoms in total. The van der Waals surface area contributed by atoms with Crippen molar-refractivity contribution in [2.45, 2.75) is 310 Å². The van der Waals surface area contributed by atoms with Crippen molar-refractivity contribution in [1.29, 1.82) is 0 Å². The van der Waals surface area contributed by atoms with Crippen LogP contribution >= 0.6 is 0 Å². The van der Waals surface area contributed by atoms with E-state index in [1.807, 2.05) is 0 Å². The number of carbonyl (C=O) groups excluding carboxylic acids is 3. The zero-order chi connectivity index (χ0) is 44.7. The second kappa shape index (κ2) is 47.9. The first kappa shape index (κ1) is 59.4. The number of unbranched alkanes of at least 4 members (excludes halogenated alkanes) is 33. The second-order valence-electron chi connectivity index (χ2n) is 19.6. The Morgan fingerprint density at radius 3 is 0.934 bits per heavy atom. The summed E-state index contributed by atoms with van der Waals surface area (Å²) in [6, 6.07) is 0. The Balaban J connectivity index is 4.26. The van der Waals surface area contributed by atoms with E-state index in [-0.39, 0.29) is 31.1 Å². The summed E-state index contributed by atoms with van der Waals surface area (Å²) < 4.78 is 16.8. The molecule has 0 aromatic carbocycles. The van der Waals surface area contributed by atoms with E-state index in [0.717, 1.165) is 69.6 Å². The number of carbonyl (C=O) groups is 3. The molecule has 0 radical (unpaired) electrons. The van der Waals surface area contributed by atoms with Gasteiger partial charge < -0.3 is 14.2 Å². The van der Waals surface area contributed by atoms with Gasteiger partial charge in [-0.3, -0.25) is 14.4 Å². The topological polar surface area (TPSA) is 78.9 Å². The van der Waals surface area contributed by atoms with Gasteiger partial charge in [-0.15, -0.1) is 0 Å². The molecule has 0 spiro atoms. The zero-order valence-corrected chi connectivity index (χ0v) is 41.8. The molecule has 0 N–H and O–H groups in total. The Labute approximate surface area is 380 Å². The fourth-order valence-corrected chi connectivity index (χ4v) is 8.31. The van der Waals surface area contributed by atoms with Gasteiger partial charge in [-0.1, -0.05) is 266 Å². The van der Waals surface area contributed by atoms with E-state index in [9.17, 15) is 14.4 Å². The van der Waals surface area contributed by atoms with E-state index >= 15 is 0 Å². The highest BCUT2D eigenvalue weighted by Crippen LogP contribution is 2.18. The second-order valence-corrected chi connectivity index (χ2v) is 19.6. The van der Waals surface area contributed by atoms with Crippen molar-refractivity contribution in [3.63, 3.8) is 0 Å². The molecule has 0 saturated carbocycles. The van der Waals surface area contributed by atoms with Gasteiger partial charge >= 0.3 is 17.9 Å². The minimum atomic E-state index is -0.763. The van der Waals surface area contributed by atoms with E-state index in [2.05, 4.69) is 34.6 Å². The SMILES string of the molecule is CCCCCCCCCCCCCCCCCCCCCC(=O)O[C@H](COC(=O)CCCCCCCCCCCCCC(C)C)COC(=O)CCCCCCCCC(C)CC. The van der Waals surface area contributed by atoms with E-state index < -0.39 is 6.10 Å². The van der Waals surface area contributed by atoms with Crippen LogP contribution in [0.25, 0.3) is 0 Å². The Morgan fingerprint density at radius 2 is 0.623 bits per heavy atom. The number of rotatable bonds is 49. The molecule has 0 fully saturated rings. The fourth-order valence-electron chi connectivity index (χ4n) is 8.31. The predicted octanol–water partition coefficient (Wildman–Crippen LogP) is 17.7. The van der Waals surface area contributed by atoms with Gasteiger partial charge in [-0.25, -0.2) is 0 Å². The lowest BCUT2D eigenvalue weighted by Crippen LogP contribution is -2.30. The third-order valence-corrected chi connectivity index (χ3v) is 12.8. The summed E-state index contributed by atoms with van der Waals surface area (Å²) in [6.45, 7) is 11.4. The molecule has 0 aromatic heterocycles. The summed E-state index contributed by atoms with van der Waals surface area (Å²) in [6.07, 6.45) is 49.6. The Morgan fingerprint density at radius 1 is 0.344 bits per heavy atom. The van der Waals surface area contributed by atoms with Gasteiger partial charge in [0.1, 0.15) is 13.2 Å². The van der Waals surface area contributed by atoms with Crippen LogP contribution in [0.15, 0.2) is 0 Å². The molecule has 2 atom stereocenters. The van der Waals surface area contributed by atoms with E-state index in [4.69, 9.17) is 14.2 Å². The number of hydrogen-bond donors (Lipinski definition) is 0. The van der Waals surface area contributed by atoms with E-state index in [1.165, 1.54) is 193 Å². The normalized spacial score (nSPS) is 12.5. The van der Waals surface area contributed by atoms with Gasteiger partial charge in [0, 0.05) is 19.3 Å². The first-order valence-corrected chi connectivity index (χ1v) is 27.3. The van der Waals surface area contributed by atoms with Gasteiger partial charge in [0.15, 0.2) is 6.10 Å². The van der Waals surface area contributed by atoms with Crippen LogP contribution in [-0.4, -0.2) is 37.2 Å². The first-order chi connectivity index (χ1) is 29.8. The van der Waals surface area contributed by atoms with Crippen molar-refractivity contribution in [3.05, 3.63) is 0 Å². The van der Waals surface area contributed by atoms with Crippen LogP contribution in [-0.2, 0) is 28.6 Å². The minimum absolute atomic E-state index is 0.0643. The summed E-state index contributed by atoms with van der Waals surface area (Å²) in [7, 11) is 0. The average molecular weight is 863 g/mol. The summed E-state index contributed by atoms with van der Waals surface area (Å²) in [5, 5.41) is 0. The fraction of sp³-hybridized carbons (Fsp3) is 0.945. The Hall–Kier alpha value is -1.59. The molecule has 0 heterocycles. The van der Waals surface area contributed by atoms with Crippen LogP contribution in [0.5, 0.6) is 0 Å². The van der Waals surface area contributed by atoms with Gasteiger partial charge in [0.2, 0.25) is 0 Å². The van der Waals surface area contributed by atoms with Crippen LogP contribution in [0.1, 0.15) is 304 Å². The lowest BCUT2D eigenvalue weighted by atomic mass is 10.00. The zero-order valence-electron chi connectivity index (χ0n) is 41.8. The molecular weight excluding hydrogens is 757 g/mol. The summed E-state index contributed by atoms with van der Waals surface area (Å²) in [5.74, 6) is 0.792. The van der Waals surface area contributed by atoms with Gasteiger partial charge in [-0.2, -0.15) is 0 Å². The molecule has 61 heavy (non-hydrogen) atoms. The smallest absolute Gasteiger partial charge is 0.306 e. The monoisotopic (exact) mass is 863 g/mol. The quantitative estimate of drug-likeness (QED) is 0.0344. The van der Waals surface area contributed by atoms with Crippen LogP contribution in [0, 0.1) is 11.8 Å². The first-order valence-electron chi connectivity index (χ1n) is 27.3. The third-order valence-electron chi connectivity index (χ3n) is 12.8. The predicted molar refractivity (Wildman–Crippen MR) is 261 cm³/mol. The van der Waals surface area contributed by atoms with Crippen molar-refractivity contribution in [2.24, 2.45) is 11.8 Å². The summed E-state index contributed by atoms with van der Waals surface area (Å²) in [5.41, 5.74) is 0. The Bertz CT molecular complexity index is 933. The molecule has 0 rings (SSSR count). The highest BCUT2D eigenvalue weighted by molar-refractivity contribution is 5.71. The number of ether oxygens (including phenoxy) is 3. The van der Waals surface area contributed by atoms with Crippen LogP contribution < -0.4 is 0 Å². The van der Waals surface area contributed by atoms with Crippen LogP contribution in [0.4, 0.5) is 0 Å². The lowest BCUT2D eigenvalue weighted by Gasteiger charge is -2.18. The molecule has 6 heteroatoms. The van der Waals surface area contributed by atoms with Crippen molar-refractivity contribution in [1.82, 2.24) is 0 Å². The standard InChI is InChI=1S/C55H106O6/c1-6-8-9-10-11-12-13-14-15-16-17-18-19-20-23-27-30-37-42-47-55(58)61-52(49-60-54(57)46-41-36-32-31-34-39-44-51(5)7-2)48-59-53(56)45-40-35-29-26-24-21-22-25-28-33-38-43-50(3)4/h50-52H,6-49H2,1-5H3/t51?,52-/m1/s1. The average Bonchev–Trinajstić information content (AvgIpc) is 3.24. The molecule has 0 aliphatic carbocycles. The van der Waals surface area contributed by atoms with E-state index in [1.54, 1.807) is 0 Å². The minimum Gasteiger partial charge on any atom is -0.462 e. The molecule has 0 aliphatic rings. The Kier molecular flexibility index (Phi) is 46.6. The summed E-state index contributed by atoms with van der Waals surface area (Å²) in [4.78, 5) is 38.0. The maximum Gasteiger partial charge on any atom is 0.306 e. The molecule has 1 unspecified atom stereocenters. The van der Waals surface area contributed by atoms with Crippen molar-refractivity contribution in [2.75, 3.05) is 13.2 Å². The molecule has 0 bridgehead atoms. The number of esters is 3. The highest BCUT2D eigenvalue weighted by Gasteiger charge is 2.19. The molecular formula is C55H106O6. The molecule has 0 aliphatic heterocycles. The molecule has 0 amide bonds.